The number of nitrogens with zero attached hydrogens (tertiary/aromatic N) is 1. The molecule has 0 spiro atoms. The number of hydrazone groups is 1. The molecule has 106 valence electrons. The number of aliphatic hydroxyl groups excluding tert-OH is 4. The van der Waals surface area contributed by atoms with E-state index in [1.165, 1.54) is 0 Å². The maximum atomic E-state index is 9.80. The average Bonchev–Trinajstić information content (AvgIpc) is 2.37. The Hall–Kier alpha value is -0.730. The number of nitrogens with one attached hydrogen (secondary N) is 1. The molecule has 7 nitrogen and oxygen atoms in total. The van der Waals surface area contributed by atoms with Gasteiger partial charge < -0.3 is 30.6 Å². The van der Waals surface area contributed by atoms with Crippen molar-refractivity contribution in [2.45, 2.75) is 50.8 Å². The molecule has 1 aliphatic heterocycles. The average molecular weight is 262 g/mol. The van der Waals surface area contributed by atoms with E-state index in [1.807, 2.05) is 6.92 Å². The lowest BCUT2D eigenvalue weighted by atomic mass is 9.93. The molecule has 5 unspecified atom stereocenters. The van der Waals surface area contributed by atoms with Crippen molar-refractivity contribution in [1.29, 1.82) is 0 Å². The van der Waals surface area contributed by atoms with Gasteiger partial charge in [-0.3, -0.25) is 0 Å². The molecule has 18 heavy (non-hydrogen) atoms. The van der Waals surface area contributed by atoms with E-state index >= 15 is 0 Å². The molecule has 1 saturated heterocycles. The Labute approximate surface area is 106 Å². The molecule has 0 aromatic carbocycles. The molecule has 1 fully saturated rings. The van der Waals surface area contributed by atoms with Crippen molar-refractivity contribution in [3.63, 3.8) is 0 Å². The first-order valence-electron chi connectivity index (χ1n) is 6.07. The fourth-order valence-electron chi connectivity index (χ4n) is 1.90. The largest absolute Gasteiger partial charge is 0.394 e. The second-order valence-electron chi connectivity index (χ2n) is 4.43. The summed E-state index contributed by atoms with van der Waals surface area (Å²) in [7, 11) is 0. The van der Waals surface area contributed by atoms with Crippen LogP contribution in [0.3, 0.4) is 0 Å². The Morgan fingerprint density at radius 3 is 2.33 bits per heavy atom. The number of rotatable bonds is 5. The van der Waals surface area contributed by atoms with E-state index in [0.717, 1.165) is 0 Å². The third-order valence-corrected chi connectivity index (χ3v) is 2.92. The quantitative estimate of drug-likeness (QED) is 0.295. The van der Waals surface area contributed by atoms with Crippen LogP contribution < -0.4 is 5.43 Å². The Kier molecular flexibility index (Phi) is 5.97. The summed E-state index contributed by atoms with van der Waals surface area (Å²) in [5.74, 6) is 0. The number of aliphatic hydroxyl groups is 4. The van der Waals surface area contributed by atoms with Crippen molar-refractivity contribution in [2.75, 3.05) is 13.2 Å². The molecule has 0 saturated carbocycles. The van der Waals surface area contributed by atoms with E-state index in [1.54, 1.807) is 6.92 Å². The van der Waals surface area contributed by atoms with Crippen molar-refractivity contribution >= 4 is 5.71 Å². The molecule has 1 rings (SSSR count). The standard InChI is InChI=1S/C11H22N2O5/c1-3-12-13-6(2)4-7-9(15)11(17)10(16)8(5-14)18-7/h7-12,14-17H,3-5H2,1-2H3/b13-6+. The molecule has 1 heterocycles. The van der Waals surface area contributed by atoms with Gasteiger partial charge in [0.05, 0.1) is 12.7 Å². The Balaban J connectivity index is 2.64. The molecule has 0 aliphatic carbocycles. The monoisotopic (exact) mass is 262 g/mol. The SMILES string of the molecule is CCN/N=C(\C)CC1OC(CO)C(O)C(O)C1O. The van der Waals surface area contributed by atoms with Gasteiger partial charge in [0.25, 0.3) is 0 Å². The first-order valence-corrected chi connectivity index (χ1v) is 6.07. The topological polar surface area (TPSA) is 115 Å². The molecule has 0 aromatic heterocycles. The van der Waals surface area contributed by atoms with Gasteiger partial charge in [-0.25, -0.2) is 0 Å². The fraction of sp³-hybridized carbons (Fsp3) is 0.909. The van der Waals surface area contributed by atoms with Crippen LogP contribution >= 0.6 is 0 Å². The summed E-state index contributed by atoms with van der Waals surface area (Å²) >= 11 is 0. The zero-order chi connectivity index (χ0) is 13.7. The van der Waals surface area contributed by atoms with Crippen LogP contribution in [-0.4, -0.2) is 69.8 Å². The second kappa shape index (κ2) is 7.01. The third-order valence-electron chi connectivity index (χ3n) is 2.92. The molecule has 0 aromatic rings. The summed E-state index contributed by atoms with van der Waals surface area (Å²) in [5.41, 5.74) is 3.50. The lowest BCUT2D eigenvalue weighted by Gasteiger charge is -2.40. The highest BCUT2D eigenvalue weighted by atomic mass is 16.5. The van der Waals surface area contributed by atoms with E-state index < -0.39 is 37.1 Å². The van der Waals surface area contributed by atoms with Crippen LogP contribution in [0.15, 0.2) is 5.10 Å². The van der Waals surface area contributed by atoms with Crippen molar-refractivity contribution in [1.82, 2.24) is 5.43 Å². The van der Waals surface area contributed by atoms with E-state index in [9.17, 15) is 15.3 Å². The van der Waals surface area contributed by atoms with E-state index in [4.69, 9.17) is 9.84 Å². The van der Waals surface area contributed by atoms with Crippen molar-refractivity contribution in [3.05, 3.63) is 0 Å². The lowest BCUT2D eigenvalue weighted by Crippen LogP contribution is -2.58. The van der Waals surface area contributed by atoms with Crippen LogP contribution in [0.2, 0.25) is 0 Å². The molecule has 1 aliphatic rings. The van der Waals surface area contributed by atoms with E-state index in [2.05, 4.69) is 10.5 Å². The van der Waals surface area contributed by atoms with Gasteiger partial charge in [-0.1, -0.05) is 0 Å². The van der Waals surface area contributed by atoms with Crippen molar-refractivity contribution in [3.8, 4) is 0 Å². The first-order chi connectivity index (χ1) is 8.51. The zero-order valence-electron chi connectivity index (χ0n) is 10.7. The molecule has 5 N–H and O–H groups in total. The highest BCUT2D eigenvalue weighted by Gasteiger charge is 2.43. The molecule has 0 bridgehead atoms. The lowest BCUT2D eigenvalue weighted by molar-refractivity contribution is -0.227. The first kappa shape index (κ1) is 15.3. The van der Waals surface area contributed by atoms with Gasteiger partial charge in [0, 0.05) is 18.7 Å². The number of ether oxygens (including phenoxy) is 1. The van der Waals surface area contributed by atoms with Gasteiger partial charge in [-0.15, -0.1) is 0 Å². The highest BCUT2D eigenvalue weighted by molar-refractivity contribution is 5.82. The van der Waals surface area contributed by atoms with Crippen LogP contribution in [0.25, 0.3) is 0 Å². The molecule has 0 radical (unpaired) electrons. The summed E-state index contributed by atoms with van der Waals surface area (Å²) in [6.45, 7) is 3.95. The molecule has 5 atom stereocenters. The predicted octanol–water partition coefficient (Wildman–Crippen LogP) is -1.80. The van der Waals surface area contributed by atoms with Gasteiger partial charge in [0.1, 0.15) is 24.4 Å². The van der Waals surface area contributed by atoms with Crippen LogP contribution in [0, 0.1) is 0 Å². The zero-order valence-corrected chi connectivity index (χ0v) is 10.7. The van der Waals surface area contributed by atoms with Crippen LogP contribution in [-0.2, 0) is 4.74 Å². The molecular formula is C11H22N2O5. The third kappa shape index (κ3) is 3.63. The van der Waals surface area contributed by atoms with Gasteiger partial charge in [-0.2, -0.15) is 5.10 Å². The minimum Gasteiger partial charge on any atom is -0.394 e. The van der Waals surface area contributed by atoms with Gasteiger partial charge in [-0.05, 0) is 13.8 Å². The Morgan fingerprint density at radius 2 is 1.78 bits per heavy atom. The second-order valence-corrected chi connectivity index (χ2v) is 4.43. The number of hydrogen-bond acceptors (Lipinski definition) is 7. The van der Waals surface area contributed by atoms with E-state index in [0.29, 0.717) is 18.7 Å². The van der Waals surface area contributed by atoms with Gasteiger partial charge in [0.15, 0.2) is 0 Å². The summed E-state index contributed by atoms with van der Waals surface area (Å²) in [5, 5.41) is 42.1. The van der Waals surface area contributed by atoms with Gasteiger partial charge in [0.2, 0.25) is 0 Å². The molecule has 0 amide bonds. The van der Waals surface area contributed by atoms with Crippen LogP contribution in [0.1, 0.15) is 20.3 Å². The summed E-state index contributed by atoms with van der Waals surface area (Å²) in [6.07, 6.45) is -5.08. The van der Waals surface area contributed by atoms with Gasteiger partial charge >= 0.3 is 0 Å². The minimum atomic E-state index is -1.33. The molecule has 7 heteroatoms. The Morgan fingerprint density at radius 1 is 1.17 bits per heavy atom. The van der Waals surface area contributed by atoms with Crippen molar-refractivity contribution in [2.24, 2.45) is 5.10 Å². The summed E-state index contributed by atoms with van der Waals surface area (Å²) in [6, 6.07) is 0. The highest BCUT2D eigenvalue weighted by Crippen LogP contribution is 2.23. The smallest absolute Gasteiger partial charge is 0.111 e. The van der Waals surface area contributed by atoms with Crippen LogP contribution in [0.5, 0.6) is 0 Å². The normalized spacial score (nSPS) is 37.7. The summed E-state index contributed by atoms with van der Waals surface area (Å²) in [4.78, 5) is 0. The minimum absolute atomic E-state index is 0.314. The number of hydrogen-bond donors (Lipinski definition) is 5. The fourth-order valence-corrected chi connectivity index (χ4v) is 1.90. The van der Waals surface area contributed by atoms with Crippen LogP contribution in [0.4, 0.5) is 0 Å². The maximum absolute atomic E-state index is 9.80. The Bertz CT molecular complexity index is 285. The maximum Gasteiger partial charge on any atom is 0.111 e. The summed E-state index contributed by atoms with van der Waals surface area (Å²) < 4.78 is 5.36. The molecular weight excluding hydrogens is 240 g/mol. The predicted molar refractivity (Wildman–Crippen MR) is 65.2 cm³/mol. The van der Waals surface area contributed by atoms with E-state index in [-0.39, 0.29) is 0 Å². The van der Waals surface area contributed by atoms with Crippen molar-refractivity contribution < 1.29 is 25.2 Å².